The van der Waals surface area contributed by atoms with E-state index in [4.69, 9.17) is 32.8 Å². The lowest BCUT2D eigenvalue weighted by Gasteiger charge is -2.19. The summed E-state index contributed by atoms with van der Waals surface area (Å²) in [6.45, 7) is -0.674. The number of ether oxygens (including phenoxy) is 2. The number of hydrogen-bond donors (Lipinski definition) is 1. The summed E-state index contributed by atoms with van der Waals surface area (Å²) in [5.74, 6) is -4.33. The minimum Gasteiger partial charge on any atom is -0.461 e. The van der Waals surface area contributed by atoms with Crippen LogP contribution in [0.4, 0.5) is 13.2 Å². The van der Waals surface area contributed by atoms with Crippen molar-refractivity contribution in [2.24, 2.45) is 0 Å². The van der Waals surface area contributed by atoms with E-state index < -0.39 is 53.1 Å². The first kappa shape index (κ1) is 24.1. The van der Waals surface area contributed by atoms with Crippen LogP contribution in [0.3, 0.4) is 0 Å². The number of carbonyl (C=O) groups is 2. The second-order valence-corrected chi connectivity index (χ2v) is 6.99. The van der Waals surface area contributed by atoms with E-state index in [1.54, 1.807) is 0 Å². The molecule has 6 radical (unpaired) electrons. The van der Waals surface area contributed by atoms with E-state index in [0.29, 0.717) is 0 Å². The Morgan fingerprint density at radius 1 is 1.21 bits per heavy atom. The van der Waals surface area contributed by atoms with Crippen molar-refractivity contribution in [2.45, 2.75) is 25.0 Å². The van der Waals surface area contributed by atoms with Gasteiger partial charge in [0.1, 0.15) is 28.1 Å². The van der Waals surface area contributed by atoms with Gasteiger partial charge in [0.15, 0.2) is 0 Å². The Labute approximate surface area is 162 Å². The molecule has 0 amide bonds. The number of benzene rings is 1. The van der Waals surface area contributed by atoms with Crippen molar-refractivity contribution in [3.8, 4) is 0 Å². The Kier molecular flexibility index (Phi) is 8.18. The zero-order chi connectivity index (χ0) is 21.7. The summed E-state index contributed by atoms with van der Waals surface area (Å²) in [4.78, 5) is 23.5. The fourth-order valence-corrected chi connectivity index (χ4v) is 2.68. The van der Waals surface area contributed by atoms with Crippen LogP contribution in [0.1, 0.15) is 22.3 Å². The van der Waals surface area contributed by atoms with Crippen LogP contribution in [0.5, 0.6) is 0 Å². The van der Waals surface area contributed by atoms with Crippen LogP contribution in [-0.4, -0.2) is 73.1 Å². The smallest absolute Gasteiger partial charge is 0.426 e. The first-order valence-electron chi connectivity index (χ1n) is 7.51. The van der Waals surface area contributed by atoms with Gasteiger partial charge in [0, 0.05) is 0 Å². The van der Waals surface area contributed by atoms with Gasteiger partial charge in [0.05, 0.1) is 19.8 Å². The zero-order valence-corrected chi connectivity index (χ0v) is 15.0. The average molecular weight is 414 g/mol. The molecule has 28 heavy (non-hydrogen) atoms. The standard InChI is InChI=1S/C14H12B3F3O7S/c15-5-9-8(3-7(16)4-10(9)17)13(22)26-2-1-12(21)27-11(14(18,19)20)6-28(23,24)25/h3-4,11H,1-2,5-6H2,(H,23,24,25). The monoisotopic (exact) mass is 414 g/mol. The Morgan fingerprint density at radius 2 is 1.82 bits per heavy atom. The van der Waals surface area contributed by atoms with E-state index in [1.165, 1.54) is 12.1 Å². The van der Waals surface area contributed by atoms with Gasteiger partial charge < -0.3 is 9.47 Å². The summed E-state index contributed by atoms with van der Waals surface area (Å²) < 4.78 is 76.5. The third-order valence-electron chi connectivity index (χ3n) is 3.27. The van der Waals surface area contributed by atoms with Gasteiger partial charge in [-0.15, -0.1) is 0 Å². The van der Waals surface area contributed by atoms with Crippen LogP contribution in [0.2, 0.25) is 0 Å². The van der Waals surface area contributed by atoms with E-state index in [9.17, 15) is 31.2 Å². The molecule has 146 valence electrons. The lowest BCUT2D eigenvalue weighted by Crippen LogP contribution is -2.39. The average Bonchev–Trinajstić information content (AvgIpc) is 2.51. The van der Waals surface area contributed by atoms with Gasteiger partial charge in [0.2, 0.25) is 6.10 Å². The number of esters is 2. The molecule has 7 nitrogen and oxygen atoms in total. The van der Waals surface area contributed by atoms with Crippen LogP contribution in [0, 0.1) is 0 Å². The normalized spacial score (nSPS) is 13.0. The maximum Gasteiger partial charge on any atom is 0.426 e. The van der Waals surface area contributed by atoms with E-state index in [2.05, 4.69) is 4.74 Å². The molecular weight excluding hydrogens is 402 g/mol. The van der Waals surface area contributed by atoms with Gasteiger partial charge in [-0.2, -0.15) is 21.6 Å². The lowest BCUT2D eigenvalue weighted by molar-refractivity contribution is -0.215. The molecule has 1 rings (SSSR count). The summed E-state index contributed by atoms with van der Waals surface area (Å²) in [5.41, 5.74) is 0.423. The highest BCUT2D eigenvalue weighted by molar-refractivity contribution is 7.85. The molecule has 1 atom stereocenters. The molecule has 0 fully saturated rings. The molecule has 0 aromatic heterocycles. The fraction of sp³-hybridized carbons (Fsp3) is 0.429. The summed E-state index contributed by atoms with van der Waals surface area (Å²) >= 11 is 0. The van der Waals surface area contributed by atoms with Gasteiger partial charge in [-0.05, 0) is 5.56 Å². The molecule has 0 aliphatic rings. The number of carbonyl (C=O) groups excluding carboxylic acids is 2. The second-order valence-electron chi connectivity index (χ2n) is 5.49. The Balaban J connectivity index is 2.70. The first-order valence-corrected chi connectivity index (χ1v) is 9.12. The molecule has 0 heterocycles. The molecule has 0 saturated heterocycles. The third kappa shape index (κ3) is 7.59. The first-order chi connectivity index (χ1) is 12.7. The van der Waals surface area contributed by atoms with Crippen LogP contribution in [-0.2, 0) is 30.7 Å². The number of halogens is 3. The van der Waals surface area contributed by atoms with Crippen LogP contribution in [0.15, 0.2) is 12.1 Å². The predicted octanol–water partition coefficient (Wildman–Crippen LogP) is -1.15. The van der Waals surface area contributed by atoms with E-state index in [0.717, 1.165) is 0 Å². The second kappa shape index (κ2) is 9.50. The highest BCUT2D eigenvalue weighted by Crippen LogP contribution is 2.24. The van der Waals surface area contributed by atoms with Crippen LogP contribution < -0.4 is 10.9 Å². The SMILES string of the molecule is [B]Cc1c([B])cc([B])cc1C(=O)OCCC(=O)OC(CS(=O)(=O)O)C(F)(F)F. The fourth-order valence-electron chi connectivity index (χ4n) is 2.04. The van der Waals surface area contributed by atoms with Crippen molar-refractivity contribution in [2.75, 3.05) is 12.4 Å². The Morgan fingerprint density at radius 3 is 2.32 bits per heavy atom. The van der Waals surface area contributed by atoms with E-state index >= 15 is 0 Å². The van der Waals surface area contributed by atoms with Crippen molar-refractivity contribution < 1.29 is 45.2 Å². The van der Waals surface area contributed by atoms with Crippen molar-refractivity contribution in [3.63, 3.8) is 0 Å². The largest absolute Gasteiger partial charge is 0.461 e. The summed E-state index contributed by atoms with van der Waals surface area (Å²) in [6.07, 6.45) is -9.22. The predicted molar refractivity (Wildman–Crippen MR) is 93.9 cm³/mol. The number of rotatable bonds is 8. The van der Waals surface area contributed by atoms with E-state index in [-0.39, 0.29) is 28.4 Å². The van der Waals surface area contributed by atoms with Crippen molar-refractivity contribution in [1.82, 2.24) is 0 Å². The van der Waals surface area contributed by atoms with Gasteiger partial charge >= 0.3 is 18.1 Å². The highest BCUT2D eigenvalue weighted by atomic mass is 32.2. The topological polar surface area (TPSA) is 107 Å². The Hall–Kier alpha value is -1.95. The minimum absolute atomic E-state index is 0.0760. The lowest BCUT2D eigenvalue weighted by atomic mass is 9.77. The molecule has 1 unspecified atom stereocenters. The van der Waals surface area contributed by atoms with Gasteiger partial charge in [0.25, 0.3) is 10.1 Å². The molecule has 1 N–H and O–H groups in total. The highest BCUT2D eigenvalue weighted by Gasteiger charge is 2.45. The summed E-state index contributed by atoms with van der Waals surface area (Å²) in [7, 11) is 11.7. The summed E-state index contributed by atoms with van der Waals surface area (Å²) in [6, 6.07) is 2.59. The van der Waals surface area contributed by atoms with Crippen molar-refractivity contribution in [1.29, 1.82) is 0 Å². The molecule has 0 saturated carbocycles. The molecule has 0 bridgehead atoms. The van der Waals surface area contributed by atoms with Crippen molar-refractivity contribution in [3.05, 3.63) is 23.3 Å². The molecule has 0 aliphatic heterocycles. The maximum atomic E-state index is 12.7. The molecule has 0 aliphatic carbocycles. The molecule has 1 aromatic rings. The summed E-state index contributed by atoms with van der Waals surface area (Å²) in [5, 5.41) is 0. The number of alkyl halides is 3. The quantitative estimate of drug-likeness (QED) is 0.326. The van der Waals surface area contributed by atoms with Gasteiger partial charge in [-0.3, -0.25) is 9.35 Å². The molecule has 0 spiro atoms. The molecule has 1 aromatic carbocycles. The van der Waals surface area contributed by atoms with Gasteiger partial charge in [-0.25, -0.2) is 4.79 Å². The minimum atomic E-state index is -5.22. The molecular formula is C14H12B3F3O7S. The van der Waals surface area contributed by atoms with Crippen LogP contribution in [0.25, 0.3) is 0 Å². The maximum absolute atomic E-state index is 12.7. The Bertz CT molecular complexity index is 843. The van der Waals surface area contributed by atoms with E-state index in [1.807, 2.05) is 0 Å². The zero-order valence-electron chi connectivity index (χ0n) is 14.2. The number of hydrogen-bond acceptors (Lipinski definition) is 6. The van der Waals surface area contributed by atoms with Crippen LogP contribution >= 0.6 is 0 Å². The van der Waals surface area contributed by atoms with Crippen molar-refractivity contribution >= 4 is 56.5 Å². The molecule has 14 heteroatoms. The van der Waals surface area contributed by atoms with Gasteiger partial charge in [-0.1, -0.05) is 29.4 Å². The third-order valence-corrected chi connectivity index (χ3v) is 3.99.